The highest BCUT2D eigenvalue weighted by Gasteiger charge is 2.35. The van der Waals surface area contributed by atoms with Crippen molar-refractivity contribution in [3.8, 4) is 0 Å². The molecule has 1 heterocycles. The van der Waals surface area contributed by atoms with E-state index < -0.39 is 10.0 Å². The van der Waals surface area contributed by atoms with E-state index >= 15 is 0 Å². The summed E-state index contributed by atoms with van der Waals surface area (Å²) in [6, 6.07) is 20.2. The Morgan fingerprint density at radius 2 is 1.73 bits per heavy atom. The summed E-state index contributed by atoms with van der Waals surface area (Å²) in [5.74, 6) is -0.200. The van der Waals surface area contributed by atoms with Crippen LogP contribution in [0, 0.1) is 0 Å². The molecule has 0 atom stereocenters. The normalized spacial score (nSPS) is 15.6. The van der Waals surface area contributed by atoms with Crippen molar-refractivity contribution in [3.63, 3.8) is 0 Å². The Kier molecular flexibility index (Phi) is 5.92. The average molecular weight is 441 g/mol. The molecule has 0 bridgehead atoms. The fourth-order valence-electron chi connectivity index (χ4n) is 4.11. The highest BCUT2D eigenvalue weighted by molar-refractivity contribution is 7.94. The Labute approximate surface area is 181 Å². The number of rotatable bonds is 7. The Bertz CT molecular complexity index is 1100. The van der Waals surface area contributed by atoms with Crippen molar-refractivity contribution >= 4 is 33.0 Å². The van der Waals surface area contributed by atoms with Crippen LogP contribution in [0.15, 0.2) is 76.3 Å². The van der Waals surface area contributed by atoms with Gasteiger partial charge in [0, 0.05) is 23.2 Å². The van der Waals surface area contributed by atoms with Crippen molar-refractivity contribution in [2.24, 2.45) is 0 Å². The van der Waals surface area contributed by atoms with Gasteiger partial charge in [-0.3, -0.25) is 9.52 Å². The fraction of sp³-hybridized carbons (Fsp3) is 0.261. The van der Waals surface area contributed by atoms with E-state index in [0.717, 1.165) is 37.0 Å². The molecule has 2 N–H and O–H groups in total. The van der Waals surface area contributed by atoms with Gasteiger partial charge in [0.25, 0.3) is 15.9 Å². The third-order valence-electron chi connectivity index (χ3n) is 5.67. The van der Waals surface area contributed by atoms with Crippen LogP contribution in [0.2, 0.25) is 0 Å². The summed E-state index contributed by atoms with van der Waals surface area (Å²) >= 11 is 1.15. The number of anilines is 1. The van der Waals surface area contributed by atoms with Crippen LogP contribution in [-0.2, 0) is 15.4 Å². The number of thiophene rings is 1. The standard InChI is InChI=1S/C23H24N2O3S2/c26-22(24-17-23(13-4-5-14-23)19-9-2-1-3-10-19)18-8-6-11-20(16-18)25-30(27,28)21-12-7-15-29-21/h1-3,6-12,15-16,25H,4-5,13-14,17H2,(H,24,26). The van der Waals surface area contributed by atoms with E-state index in [1.54, 1.807) is 41.8 Å². The van der Waals surface area contributed by atoms with E-state index in [0.29, 0.717) is 17.8 Å². The number of hydrogen-bond acceptors (Lipinski definition) is 4. The third-order valence-corrected chi connectivity index (χ3v) is 8.45. The Balaban J connectivity index is 1.47. The second-order valence-electron chi connectivity index (χ2n) is 7.65. The molecule has 0 radical (unpaired) electrons. The molecular formula is C23H24N2O3S2. The fourth-order valence-corrected chi connectivity index (χ4v) is 6.15. The van der Waals surface area contributed by atoms with Crippen LogP contribution in [-0.4, -0.2) is 20.9 Å². The lowest BCUT2D eigenvalue weighted by Crippen LogP contribution is -2.39. The van der Waals surface area contributed by atoms with Crippen LogP contribution in [0.5, 0.6) is 0 Å². The van der Waals surface area contributed by atoms with Crippen LogP contribution < -0.4 is 10.0 Å². The van der Waals surface area contributed by atoms with Gasteiger partial charge in [-0.2, -0.15) is 0 Å². The summed E-state index contributed by atoms with van der Waals surface area (Å²) in [6.45, 7) is 0.570. The summed E-state index contributed by atoms with van der Waals surface area (Å²) in [5, 5.41) is 4.80. The van der Waals surface area contributed by atoms with E-state index in [9.17, 15) is 13.2 Å². The predicted octanol–water partition coefficient (Wildman–Crippen LogP) is 4.79. The molecule has 0 spiro atoms. The van der Waals surface area contributed by atoms with Gasteiger partial charge in [0.15, 0.2) is 0 Å². The van der Waals surface area contributed by atoms with E-state index in [1.165, 1.54) is 5.56 Å². The summed E-state index contributed by atoms with van der Waals surface area (Å²) < 4.78 is 27.7. The van der Waals surface area contributed by atoms with Gasteiger partial charge < -0.3 is 5.32 Å². The molecular weight excluding hydrogens is 416 g/mol. The van der Waals surface area contributed by atoms with Crippen molar-refractivity contribution in [2.75, 3.05) is 11.3 Å². The lowest BCUT2D eigenvalue weighted by molar-refractivity contribution is 0.0943. The van der Waals surface area contributed by atoms with Gasteiger partial charge in [0.05, 0.1) is 0 Å². The Morgan fingerprint density at radius 3 is 2.43 bits per heavy atom. The molecule has 5 nitrogen and oxygen atoms in total. The molecule has 30 heavy (non-hydrogen) atoms. The second kappa shape index (κ2) is 8.62. The number of carbonyl (C=O) groups is 1. The number of hydrogen-bond donors (Lipinski definition) is 2. The first-order chi connectivity index (χ1) is 14.5. The molecule has 2 aromatic carbocycles. The van der Waals surface area contributed by atoms with E-state index in [4.69, 9.17) is 0 Å². The smallest absolute Gasteiger partial charge is 0.271 e. The van der Waals surface area contributed by atoms with Gasteiger partial charge in [-0.25, -0.2) is 8.42 Å². The first kappa shape index (κ1) is 20.6. The van der Waals surface area contributed by atoms with Gasteiger partial charge in [0.1, 0.15) is 4.21 Å². The molecule has 1 saturated carbocycles. The molecule has 1 aromatic heterocycles. The van der Waals surface area contributed by atoms with Gasteiger partial charge in [-0.15, -0.1) is 11.3 Å². The first-order valence-electron chi connectivity index (χ1n) is 9.99. The zero-order valence-corrected chi connectivity index (χ0v) is 18.1. The molecule has 156 valence electrons. The molecule has 0 aliphatic heterocycles. The zero-order chi connectivity index (χ0) is 21.0. The van der Waals surface area contributed by atoms with Crippen molar-refractivity contribution < 1.29 is 13.2 Å². The maximum atomic E-state index is 12.8. The largest absolute Gasteiger partial charge is 0.351 e. The first-order valence-corrected chi connectivity index (χ1v) is 12.3. The second-order valence-corrected chi connectivity index (χ2v) is 10.5. The summed E-state index contributed by atoms with van der Waals surface area (Å²) in [6.07, 6.45) is 4.42. The van der Waals surface area contributed by atoms with Crippen LogP contribution in [0.3, 0.4) is 0 Å². The molecule has 0 saturated heterocycles. The summed E-state index contributed by atoms with van der Waals surface area (Å²) in [7, 11) is -3.65. The van der Waals surface area contributed by atoms with Gasteiger partial charge in [-0.1, -0.05) is 55.3 Å². The number of amides is 1. The predicted molar refractivity (Wildman–Crippen MR) is 120 cm³/mol. The van der Waals surface area contributed by atoms with Crippen LogP contribution >= 0.6 is 11.3 Å². The summed E-state index contributed by atoms with van der Waals surface area (Å²) in [4.78, 5) is 12.8. The molecule has 0 unspecified atom stereocenters. The monoisotopic (exact) mass is 440 g/mol. The van der Waals surface area contributed by atoms with E-state index in [1.807, 2.05) is 18.2 Å². The van der Waals surface area contributed by atoms with Crippen LogP contribution in [0.1, 0.15) is 41.6 Å². The number of carbonyl (C=O) groups excluding carboxylic acids is 1. The molecule has 3 aromatic rings. The van der Waals surface area contributed by atoms with E-state index in [2.05, 4.69) is 22.2 Å². The molecule has 4 rings (SSSR count). The van der Waals surface area contributed by atoms with Gasteiger partial charge >= 0.3 is 0 Å². The zero-order valence-electron chi connectivity index (χ0n) is 16.5. The van der Waals surface area contributed by atoms with Crippen LogP contribution in [0.4, 0.5) is 5.69 Å². The number of nitrogens with one attached hydrogen (secondary N) is 2. The minimum atomic E-state index is -3.65. The topological polar surface area (TPSA) is 75.3 Å². The van der Waals surface area contributed by atoms with Gasteiger partial charge in [0.2, 0.25) is 0 Å². The average Bonchev–Trinajstić information content (AvgIpc) is 3.46. The molecule has 1 fully saturated rings. The minimum Gasteiger partial charge on any atom is -0.351 e. The van der Waals surface area contributed by atoms with Crippen LogP contribution in [0.25, 0.3) is 0 Å². The van der Waals surface area contributed by atoms with Crippen molar-refractivity contribution in [1.82, 2.24) is 5.32 Å². The highest BCUT2D eigenvalue weighted by atomic mass is 32.2. The molecule has 7 heteroatoms. The highest BCUT2D eigenvalue weighted by Crippen LogP contribution is 2.40. The van der Waals surface area contributed by atoms with Gasteiger partial charge in [-0.05, 0) is 48.1 Å². The lowest BCUT2D eigenvalue weighted by atomic mass is 9.79. The number of sulfonamides is 1. The summed E-state index contributed by atoms with van der Waals surface area (Å²) in [5.41, 5.74) is 2.03. The SMILES string of the molecule is O=C(NCC1(c2ccccc2)CCCC1)c1cccc(NS(=O)(=O)c2cccs2)c1. The quantitative estimate of drug-likeness (QED) is 0.555. The maximum Gasteiger partial charge on any atom is 0.271 e. The maximum absolute atomic E-state index is 12.8. The van der Waals surface area contributed by atoms with Crippen molar-refractivity contribution in [2.45, 2.75) is 35.3 Å². The minimum absolute atomic E-state index is 0.0324. The Hall–Kier alpha value is -2.64. The Morgan fingerprint density at radius 1 is 0.967 bits per heavy atom. The third kappa shape index (κ3) is 4.42. The number of benzene rings is 2. The van der Waals surface area contributed by atoms with Crippen molar-refractivity contribution in [3.05, 3.63) is 83.2 Å². The molecule has 1 aliphatic carbocycles. The molecule has 1 aliphatic rings. The van der Waals surface area contributed by atoms with Crippen molar-refractivity contribution in [1.29, 1.82) is 0 Å². The van der Waals surface area contributed by atoms with E-state index in [-0.39, 0.29) is 15.5 Å². The molecule has 1 amide bonds. The lowest BCUT2D eigenvalue weighted by Gasteiger charge is -2.30.